The SMILES string of the molecule is [NH3+]NCc1cccc(O)c1. The van der Waals surface area contributed by atoms with Gasteiger partial charge in [-0.15, -0.1) is 0 Å². The smallest absolute Gasteiger partial charge is 0.115 e. The molecule has 1 aromatic rings. The molecule has 3 heteroatoms. The van der Waals surface area contributed by atoms with Crippen molar-refractivity contribution < 1.29 is 10.9 Å². The van der Waals surface area contributed by atoms with Gasteiger partial charge in [-0.25, -0.2) is 0 Å². The highest BCUT2D eigenvalue weighted by Crippen LogP contribution is 2.09. The van der Waals surface area contributed by atoms with Gasteiger partial charge in [0, 0.05) is 0 Å². The quantitative estimate of drug-likeness (QED) is 0.490. The molecule has 0 aliphatic carbocycles. The van der Waals surface area contributed by atoms with Gasteiger partial charge in [-0.2, -0.15) is 5.43 Å². The first-order chi connectivity index (χ1) is 4.83. The van der Waals surface area contributed by atoms with E-state index in [0.29, 0.717) is 12.3 Å². The Labute approximate surface area is 59.5 Å². The molecule has 10 heavy (non-hydrogen) atoms. The average Bonchev–Trinajstić information content (AvgIpc) is 1.88. The standard InChI is InChI=1S/C7H10N2O/c8-9-5-6-2-1-3-7(10)4-6/h1-4,9-10H,5,8H2/p+1. The third-order valence-corrected chi connectivity index (χ3v) is 1.24. The fraction of sp³-hybridized carbons (Fsp3) is 0.143. The van der Waals surface area contributed by atoms with E-state index < -0.39 is 0 Å². The van der Waals surface area contributed by atoms with Crippen molar-refractivity contribution in [1.82, 2.24) is 5.43 Å². The average molecular weight is 139 g/mol. The van der Waals surface area contributed by atoms with Crippen LogP contribution in [-0.4, -0.2) is 5.11 Å². The minimum atomic E-state index is 0.299. The maximum absolute atomic E-state index is 8.99. The van der Waals surface area contributed by atoms with Crippen LogP contribution in [0.15, 0.2) is 24.3 Å². The van der Waals surface area contributed by atoms with Gasteiger partial charge in [-0.1, -0.05) is 12.1 Å². The number of aromatic hydroxyl groups is 1. The topological polar surface area (TPSA) is 59.9 Å². The van der Waals surface area contributed by atoms with Crippen LogP contribution in [0.25, 0.3) is 0 Å². The molecule has 0 spiro atoms. The molecular formula is C7H11N2O+. The second-order valence-electron chi connectivity index (χ2n) is 2.10. The summed E-state index contributed by atoms with van der Waals surface area (Å²) in [5.41, 5.74) is 3.79. The van der Waals surface area contributed by atoms with E-state index in [1.807, 2.05) is 12.1 Å². The minimum absolute atomic E-state index is 0.299. The van der Waals surface area contributed by atoms with E-state index in [1.54, 1.807) is 12.1 Å². The summed E-state index contributed by atoms with van der Waals surface area (Å²) >= 11 is 0. The lowest BCUT2D eigenvalue weighted by Crippen LogP contribution is -2.64. The van der Waals surface area contributed by atoms with Gasteiger partial charge in [0.05, 0.1) is 6.54 Å². The number of benzene rings is 1. The molecule has 0 saturated heterocycles. The zero-order valence-electron chi connectivity index (χ0n) is 5.67. The van der Waals surface area contributed by atoms with Crippen LogP contribution >= 0.6 is 0 Å². The number of nitrogens with one attached hydrogen (secondary N) is 1. The minimum Gasteiger partial charge on any atom is -0.508 e. The van der Waals surface area contributed by atoms with Crippen molar-refractivity contribution in [3.63, 3.8) is 0 Å². The van der Waals surface area contributed by atoms with Crippen LogP contribution in [0.3, 0.4) is 0 Å². The van der Waals surface area contributed by atoms with Crippen LogP contribution < -0.4 is 11.3 Å². The van der Waals surface area contributed by atoms with Crippen molar-refractivity contribution in [2.75, 3.05) is 0 Å². The molecular weight excluding hydrogens is 128 g/mol. The van der Waals surface area contributed by atoms with Gasteiger partial charge in [-0.3, -0.25) is 5.84 Å². The number of hydrogen-bond acceptors (Lipinski definition) is 2. The molecule has 0 saturated carbocycles. The van der Waals surface area contributed by atoms with E-state index in [0.717, 1.165) is 5.56 Å². The number of hydrogen-bond donors (Lipinski definition) is 3. The van der Waals surface area contributed by atoms with E-state index in [-0.39, 0.29) is 0 Å². The van der Waals surface area contributed by atoms with Gasteiger partial charge in [0.1, 0.15) is 5.75 Å². The molecule has 1 rings (SSSR count). The molecule has 0 radical (unpaired) electrons. The fourth-order valence-electron chi connectivity index (χ4n) is 0.811. The first-order valence-corrected chi connectivity index (χ1v) is 3.11. The van der Waals surface area contributed by atoms with E-state index in [2.05, 4.69) is 11.3 Å². The number of phenolic OH excluding ortho intramolecular Hbond substituents is 1. The second-order valence-corrected chi connectivity index (χ2v) is 2.10. The number of rotatable bonds is 2. The molecule has 0 fully saturated rings. The number of phenols is 1. The van der Waals surface area contributed by atoms with Gasteiger partial charge in [0.15, 0.2) is 0 Å². The second kappa shape index (κ2) is 3.20. The molecule has 0 heterocycles. The molecule has 0 bridgehead atoms. The maximum atomic E-state index is 8.99. The first kappa shape index (κ1) is 7.05. The Hall–Kier alpha value is -1.06. The summed E-state index contributed by atoms with van der Waals surface area (Å²) < 4.78 is 0. The zero-order valence-corrected chi connectivity index (χ0v) is 5.67. The summed E-state index contributed by atoms with van der Waals surface area (Å²) in [7, 11) is 0. The highest BCUT2D eigenvalue weighted by Gasteiger charge is 1.91. The van der Waals surface area contributed by atoms with Crippen LogP contribution in [0.4, 0.5) is 0 Å². The van der Waals surface area contributed by atoms with Gasteiger partial charge in [0.25, 0.3) is 0 Å². The van der Waals surface area contributed by atoms with Crippen molar-refractivity contribution >= 4 is 0 Å². The van der Waals surface area contributed by atoms with Crippen LogP contribution in [-0.2, 0) is 6.54 Å². The maximum Gasteiger partial charge on any atom is 0.115 e. The summed E-state index contributed by atoms with van der Waals surface area (Å²) in [6.45, 7) is 0.689. The summed E-state index contributed by atoms with van der Waals surface area (Å²) in [5.74, 6) is 3.78. The van der Waals surface area contributed by atoms with Crippen molar-refractivity contribution in [2.45, 2.75) is 6.54 Å². The molecule has 3 nitrogen and oxygen atoms in total. The van der Waals surface area contributed by atoms with Crippen molar-refractivity contribution in [3.8, 4) is 5.75 Å². The van der Waals surface area contributed by atoms with E-state index >= 15 is 0 Å². The van der Waals surface area contributed by atoms with Gasteiger partial charge >= 0.3 is 0 Å². The molecule has 0 aliphatic rings. The molecule has 1 aromatic carbocycles. The third-order valence-electron chi connectivity index (χ3n) is 1.24. The summed E-state index contributed by atoms with van der Waals surface area (Å²) in [4.78, 5) is 0. The normalized spacial score (nSPS) is 9.70. The lowest BCUT2D eigenvalue weighted by Gasteiger charge is -1.96. The van der Waals surface area contributed by atoms with E-state index in [1.165, 1.54) is 0 Å². The first-order valence-electron chi connectivity index (χ1n) is 3.11. The van der Waals surface area contributed by atoms with Crippen LogP contribution in [0.1, 0.15) is 5.56 Å². The van der Waals surface area contributed by atoms with Gasteiger partial charge in [-0.05, 0) is 17.7 Å². The molecule has 0 atom stereocenters. The Kier molecular flexibility index (Phi) is 2.25. The molecule has 0 aliphatic heterocycles. The molecule has 0 aromatic heterocycles. The molecule has 54 valence electrons. The Morgan fingerprint density at radius 3 is 2.90 bits per heavy atom. The monoisotopic (exact) mass is 139 g/mol. The highest BCUT2D eigenvalue weighted by atomic mass is 16.3. The zero-order chi connectivity index (χ0) is 7.40. The van der Waals surface area contributed by atoms with E-state index in [4.69, 9.17) is 5.11 Å². The van der Waals surface area contributed by atoms with Crippen molar-refractivity contribution in [2.24, 2.45) is 0 Å². The molecule has 0 unspecified atom stereocenters. The predicted molar refractivity (Wildman–Crippen MR) is 37.8 cm³/mol. The predicted octanol–water partition coefficient (Wildman–Crippen LogP) is -0.361. The number of quaternary nitrogens is 1. The van der Waals surface area contributed by atoms with Crippen molar-refractivity contribution in [3.05, 3.63) is 29.8 Å². The van der Waals surface area contributed by atoms with Gasteiger partial charge in [0.2, 0.25) is 0 Å². The van der Waals surface area contributed by atoms with Crippen LogP contribution in [0.2, 0.25) is 0 Å². The molecule has 0 amide bonds. The largest absolute Gasteiger partial charge is 0.508 e. The highest BCUT2D eigenvalue weighted by molar-refractivity contribution is 5.26. The Morgan fingerprint density at radius 2 is 2.30 bits per heavy atom. The lowest BCUT2D eigenvalue weighted by atomic mass is 10.2. The van der Waals surface area contributed by atoms with E-state index in [9.17, 15) is 0 Å². The molecule has 5 N–H and O–H groups in total. The lowest BCUT2D eigenvalue weighted by molar-refractivity contribution is -0.446. The Bertz CT molecular complexity index is 213. The van der Waals surface area contributed by atoms with Crippen molar-refractivity contribution in [1.29, 1.82) is 0 Å². The van der Waals surface area contributed by atoms with Gasteiger partial charge < -0.3 is 5.11 Å². The third kappa shape index (κ3) is 1.72. The summed E-state index contributed by atoms with van der Waals surface area (Å²) in [5, 5.41) is 8.99. The Morgan fingerprint density at radius 1 is 1.50 bits per heavy atom. The van der Waals surface area contributed by atoms with Crippen LogP contribution in [0, 0.1) is 0 Å². The van der Waals surface area contributed by atoms with Crippen LogP contribution in [0.5, 0.6) is 5.75 Å². The summed E-state index contributed by atoms with van der Waals surface area (Å²) in [6, 6.07) is 7.09. The Balaban J connectivity index is 2.75. The fourth-order valence-corrected chi connectivity index (χ4v) is 0.811. The summed E-state index contributed by atoms with van der Waals surface area (Å²) in [6.07, 6.45) is 0.